The summed E-state index contributed by atoms with van der Waals surface area (Å²) < 4.78 is 0. The third-order valence-electron chi connectivity index (χ3n) is 4.82. The van der Waals surface area contributed by atoms with Gasteiger partial charge in [-0.05, 0) is 34.7 Å². The SMILES string of the molecule is CC(C)c1ccc(NC(=O)NCC(=O)NC(c2ccccc2)c2ccccc2)cc1. The van der Waals surface area contributed by atoms with Gasteiger partial charge in [-0.3, -0.25) is 4.79 Å². The molecule has 0 aliphatic carbocycles. The van der Waals surface area contributed by atoms with Crippen molar-refractivity contribution in [3.63, 3.8) is 0 Å². The number of rotatable bonds is 7. The highest BCUT2D eigenvalue weighted by atomic mass is 16.2. The van der Waals surface area contributed by atoms with Gasteiger partial charge in [0, 0.05) is 5.69 Å². The monoisotopic (exact) mass is 401 g/mol. The van der Waals surface area contributed by atoms with E-state index in [1.807, 2.05) is 84.9 Å². The highest BCUT2D eigenvalue weighted by Gasteiger charge is 2.17. The van der Waals surface area contributed by atoms with E-state index in [1.165, 1.54) is 5.56 Å². The summed E-state index contributed by atoms with van der Waals surface area (Å²) in [7, 11) is 0. The number of carbonyl (C=O) groups excluding carboxylic acids is 2. The van der Waals surface area contributed by atoms with E-state index in [0.717, 1.165) is 11.1 Å². The first-order chi connectivity index (χ1) is 14.5. The zero-order valence-electron chi connectivity index (χ0n) is 17.3. The topological polar surface area (TPSA) is 70.2 Å². The molecule has 154 valence electrons. The van der Waals surface area contributed by atoms with Crippen molar-refractivity contribution < 1.29 is 9.59 Å². The molecule has 5 heteroatoms. The molecule has 3 amide bonds. The maximum atomic E-state index is 12.5. The highest BCUT2D eigenvalue weighted by molar-refractivity contribution is 5.92. The minimum absolute atomic E-state index is 0.119. The molecule has 0 fully saturated rings. The molecule has 0 atom stereocenters. The van der Waals surface area contributed by atoms with Crippen LogP contribution in [0.15, 0.2) is 84.9 Å². The number of anilines is 1. The van der Waals surface area contributed by atoms with Crippen LogP contribution in [0.3, 0.4) is 0 Å². The molecule has 0 saturated carbocycles. The van der Waals surface area contributed by atoms with E-state index >= 15 is 0 Å². The summed E-state index contributed by atoms with van der Waals surface area (Å²) in [6, 6.07) is 26.5. The van der Waals surface area contributed by atoms with Crippen LogP contribution in [0.4, 0.5) is 10.5 Å². The van der Waals surface area contributed by atoms with Gasteiger partial charge in [0.2, 0.25) is 5.91 Å². The second-order valence-corrected chi connectivity index (χ2v) is 7.41. The molecule has 3 rings (SSSR count). The molecule has 0 saturated heterocycles. The summed E-state index contributed by atoms with van der Waals surface area (Å²) in [5, 5.41) is 8.37. The van der Waals surface area contributed by atoms with Crippen LogP contribution in [0.5, 0.6) is 0 Å². The van der Waals surface area contributed by atoms with Gasteiger partial charge in [0.15, 0.2) is 0 Å². The normalized spacial score (nSPS) is 10.7. The van der Waals surface area contributed by atoms with Crippen LogP contribution in [0.2, 0.25) is 0 Å². The standard InChI is InChI=1S/C25H27N3O2/c1-18(2)19-13-15-22(16-14-19)27-25(30)26-17-23(29)28-24(20-9-5-3-6-10-20)21-11-7-4-8-12-21/h3-16,18,24H,17H2,1-2H3,(H,28,29)(H2,26,27,30). The van der Waals surface area contributed by atoms with Crippen molar-refractivity contribution in [3.8, 4) is 0 Å². The first-order valence-corrected chi connectivity index (χ1v) is 10.1. The van der Waals surface area contributed by atoms with Gasteiger partial charge in [-0.1, -0.05) is 86.6 Å². The lowest BCUT2D eigenvalue weighted by molar-refractivity contribution is -0.120. The molecule has 0 aromatic heterocycles. The number of benzene rings is 3. The number of amides is 3. The second-order valence-electron chi connectivity index (χ2n) is 7.41. The van der Waals surface area contributed by atoms with Crippen molar-refractivity contribution in [1.29, 1.82) is 0 Å². The van der Waals surface area contributed by atoms with Gasteiger partial charge in [-0.25, -0.2) is 4.79 Å². The average molecular weight is 402 g/mol. The Balaban J connectivity index is 1.57. The van der Waals surface area contributed by atoms with Crippen LogP contribution in [-0.2, 0) is 4.79 Å². The second kappa shape index (κ2) is 10.3. The van der Waals surface area contributed by atoms with Gasteiger partial charge in [-0.15, -0.1) is 0 Å². The summed E-state index contributed by atoms with van der Waals surface area (Å²) in [5.41, 5.74) is 3.84. The Morgan fingerprint density at radius 3 is 1.77 bits per heavy atom. The largest absolute Gasteiger partial charge is 0.344 e. The summed E-state index contributed by atoms with van der Waals surface area (Å²) in [6.45, 7) is 4.11. The van der Waals surface area contributed by atoms with Crippen LogP contribution in [0, 0.1) is 0 Å². The van der Waals surface area contributed by atoms with Crippen LogP contribution < -0.4 is 16.0 Å². The van der Waals surface area contributed by atoms with Crippen molar-refractivity contribution in [1.82, 2.24) is 10.6 Å². The molecular weight excluding hydrogens is 374 g/mol. The molecule has 0 aliphatic rings. The first kappa shape index (κ1) is 21.1. The summed E-state index contributed by atoms with van der Waals surface area (Å²) in [4.78, 5) is 24.7. The fourth-order valence-electron chi connectivity index (χ4n) is 3.15. The van der Waals surface area contributed by atoms with Gasteiger partial charge in [0.05, 0.1) is 12.6 Å². The van der Waals surface area contributed by atoms with Crippen molar-refractivity contribution >= 4 is 17.6 Å². The molecule has 3 aromatic carbocycles. The maximum absolute atomic E-state index is 12.5. The molecule has 30 heavy (non-hydrogen) atoms. The highest BCUT2D eigenvalue weighted by Crippen LogP contribution is 2.21. The van der Waals surface area contributed by atoms with Gasteiger partial charge in [0.25, 0.3) is 0 Å². The number of urea groups is 1. The smallest absolute Gasteiger partial charge is 0.319 e. The molecule has 0 aliphatic heterocycles. The van der Waals surface area contributed by atoms with E-state index in [2.05, 4.69) is 29.8 Å². The average Bonchev–Trinajstić information content (AvgIpc) is 2.77. The Bertz CT molecular complexity index is 915. The van der Waals surface area contributed by atoms with E-state index in [9.17, 15) is 9.59 Å². The van der Waals surface area contributed by atoms with E-state index in [1.54, 1.807) is 0 Å². The zero-order chi connectivity index (χ0) is 21.3. The lowest BCUT2D eigenvalue weighted by Gasteiger charge is -2.20. The van der Waals surface area contributed by atoms with Gasteiger partial charge in [0.1, 0.15) is 0 Å². The van der Waals surface area contributed by atoms with Crippen molar-refractivity contribution in [2.45, 2.75) is 25.8 Å². The molecule has 3 N–H and O–H groups in total. The van der Waals surface area contributed by atoms with E-state index < -0.39 is 6.03 Å². The molecular formula is C25H27N3O2. The van der Waals surface area contributed by atoms with E-state index in [4.69, 9.17) is 0 Å². The summed E-state index contributed by atoms with van der Waals surface area (Å²) in [5.74, 6) is 0.164. The summed E-state index contributed by atoms with van der Waals surface area (Å²) in [6.07, 6.45) is 0. The fourth-order valence-corrected chi connectivity index (χ4v) is 3.15. The molecule has 5 nitrogen and oxygen atoms in total. The van der Waals surface area contributed by atoms with Crippen LogP contribution in [0.1, 0.15) is 42.5 Å². The number of hydrogen-bond donors (Lipinski definition) is 3. The Morgan fingerprint density at radius 1 is 0.733 bits per heavy atom. The summed E-state index contributed by atoms with van der Waals surface area (Å²) >= 11 is 0. The Morgan fingerprint density at radius 2 is 1.27 bits per heavy atom. The molecule has 0 bridgehead atoms. The minimum atomic E-state index is -0.418. The van der Waals surface area contributed by atoms with Crippen LogP contribution in [0.25, 0.3) is 0 Å². The zero-order valence-corrected chi connectivity index (χ0v) is 17.3. The lowest BCUT2D eigenvalue weighted by atomic mass is 9.99. The maximum Gasteiger partial charge on any atom is 0.319 e. The minimum Gasteiger partial charge on any atom is -0.344 e. The lowest BCUT2D eigenvalue weighted by Crippen LogP contribution is -2.40. The third-order valence-corrected chi connectivity index (χ3v) is 4.82. The Kier molecular flexibility index (Phi) is 7.22. The first-order valence-electron chi connectivity index (χ1n) is 10.1. The van der Waals surface area contributed by atoms with E-state index in [-0.39, 0.29) is 18.5 Å². The molecule has 0 heterocycles. The Hall–Kier alpha value is -3.60. The molecule has 0 spiro atoms. The number of carbonyl (C=O) groups is 2. The van der Waals surface area contributed by atoms with Crippen LogP contribution >= 0.6 is 0 Å². The molecule has 0 unspecified atom stereocenters. The van der Waals surface area contributed by atoms with Gasteiger partial charge < -0.3 is 16.0 Å². The van der Waals surface area contributed by atoms with Crippen molar-refractivity contribution in [3.05, 3.63) is 102 Å². The van der Waals surface area contributed by atoms with E-state index in [0.29, 0.717) is 11.6 Å². The quantitative estimate of drug-likeness (QED) is 0.530. The predicted molar refractivity (Wildman–Crippen MR) is 120 cm³/mol. The predicted octanol–water partition coefficient (Wildman–Crippen LogP) is 4.84. The molecule has 0 radical (unpaired) electrons. The van der Waals surface area contributed by atoms with Crippen molar-refractivity contribution in [2.75, 3.05) is 11.9 Å². The number of nitrogens with one attached hydrogen (secondary N) is 3. The fraction of sp³-hybridized carbons (Fsp3) is 0.200. The number of hydrogen-bond acceptors (Lipinski definition) is 2. The van der Waals surface area contributed by atoms with Gasteiger partial charge in [-0.2, -0.15) is 0 Å². The van der Waals surface area contributed by atoms with Gasteiger partial charge >= 0.3 is 6.03 Å². The van der Waals surface area contributed by atoms with Crippen LogP contribution in [-0.4, -0.2) is 18.5 Å². The third kappa shape index (κ3) is 5.95. The van der Waals surface area contributed by atoms with Crippen molar-refractivity contribution in [2.24, 2.45) is 0 Å². The molecule has 3 aromatic rings. The Labute approximate surface area is 177 Å².